The van der Waals surface area contributed by atoms with Gasteiger partial charge in [0, 0.05) is 41.8 Å². The Kier molecular flexibility index (Phi) is 3.28. The molecule has 0 saturated heterocycles. The van der Waals surface area contributed by atoms with Gasteiger partial charge in [-0.25, -0.2) is 0 Å². The highest BCUT2D eigenvalue weighted by Gasteiger charge is 2.05. The molecule has 92 valence electrons. The zero-order valence-corrected chi connectivity index (χ0v) is 10.5. The number of allylic oxidation sites excluding steroid dienone is 2. The number of nitrogens with two attached hydrogens (primary N) is 2. The van der Waals surface area contributed by atoms with Crippen LogP contribution in [-0.4, -0.2) is 18.2 Å². The molecule has 2 aromatic rings. The van der Waals surface area contributed by atoms with Gasteiger partial charge in [-0.1, -0.05) is 6.07 Å². The van der Waals surface area contributed by atoms with Crippen molar-refractivity contribution in [2.75, 3.05) is 12.8 Å². The second-order valence-electron chi connectivity index (χ2n) is 4.12. The maximum Gasteiger partial charge on any atom is 0.0723 e. The van der Waals surface area contributed by atoms with E-state index in [0.29, 0.717) is 5.69 Å². The van der Waals surface area contributed by atoms with Gasteiger partial charge < -0.3 is 11.5 Å². The number of aliphatic imine (C=N–C) groups is 1. The molecule has 0 aliphatic heterocycles. The van der Waals surface area contributed by atoms with Gasteiger partial charge in [-0.2, -0.15) is 0 Å². The van der Waals surface area contributed by atoms with E-state index < -0.39 is 0 Å². The Morgan fingerprint density at radius 3 is 2.78 bits per heavy atom. The number of pyridine rings is 1. The summed E-state index contributed by atoms with van der Waals surface area (Å²) in [5.74, 6) is 0. The van der Waals surface area contributed by atoms with Crippen LogP contribution in [-0.2, 0) is 0 Å². The number of fused-ring (bicyclic) bond motifs is 1. The van der Waals surface area contributed by atoms with E-state index in [1.165, 1.54) is 0 Å². The first-order valence-corrected chi connectivity index (χ1v) is 5.66. The van der Waals surface area contributed by atoms with Gasteiger partial charge in [0.05, 0.1) is 5.52 Å². The van der Waals surface area contributed by atoms with Crippen LogP contribution >= 0.6 is 0 Å². The number of hydrogen-bond acceptors (Lipinski definition) is 4. The maximum atomic E-state index is 5.95. The fourth-order valence-corrected chi connectivity index (χ4v) is 1.87. The van der Waals surface area contributed by atoms with Crippen molar-refractivity contribution in [1.82, 2.24) is 4.98 Å². The minimum Gasteiger partial charge on any atom is -0.402 e. The average Bonchev–Trinajstić information content (AvgIpc) is 2.36. The largest absolute Gasteiger partial charge is 0.402 e. The fourth-order valence-electron chi connectivity index (χ4n) is 1.87. The Bertz CT molecular complexity index is 637. The average molecular weight is 240 g/mol. The molecular weight excluding hydrogens is 224 g/mol. The summed E-state index contributed by atoms with van der Waals surface area (Å²) < 4.78 is 0. The van der Waals surface area contributed by atoms with E-state index in [-0.39, 0.29) is 0 Å². The van der Waals surface area contributed by atoms with Crippen molar-refractivity contribution in [2.45, 2.75) is 6.92 Å². The number of aromatic nitrogens is 1. The molecule has 0 radical (unpaired) electrons. The van der Waals surface area contributed by atoms with Crippen molar-refractivity contribution >= 4 is 28.4 Å². The van der Waals surface area contributed by atoms with Gasteiger partial charge >= 0.3 is 0 Å². The van der Waals surface area contributed by atoms with E-state index in [2.05, 4.69) is 9.98 Å². The van der Waals surface area contributed by atoms with E-state index in [1.54, 1.807) is 25.5 Å². The molecule has 0 aliphatic carbocycles. The Balaban J connectivity index is 2.66. The normalized spacial score (nSPS) is 13.0. The van der Waals surface area contributed by atoms with Crippen molar-refractivity contribution < 1.29 is 0 Å². The van der Waals surface area contributed by atoms with Crippen LogP contribution in [0.3, 0.4) is 0 Å². The van der Waals surface area contributed by atoms with Crippen LogP contribution in [0.1, 0.15) is 12.5 Å². The maximum absolute atomic E-state index is 5.95. The zero-order chi connectivity index (χ0) is 13.1. The summed E-state index contributed by atoms with van der Waals surface area (Å²) in [6.45, 7) is 1.85. The lowest BCUT2D eigenvalue weighted by Crippen LogP contribution is -2.00. The number of nitrogens with zero attached hydrogens (tertiary/aromatic N) is 2. The molecule has 0 fully saturated rings. The lowest BCUT2D eigenvalue weighted by molar-refractivity contribution is 1.32. The number of rotatable bonds is 2. The highest BCUT2D eigenvalue weighted by molar-refractivity contribution is 6.12. The summed E-state index contributed by atoms with van der Waals surface area (Å²) in [7, 11) is 1.72. The van der Waals surface area contributed by atoms with E-state index in [0.717, 1.165) is 27.7 Å². The lowest BCUT2D eigenvalue weighted by atomic mass is 10.0. The first-order valence-electron chi connectivity index (χ1n) is 5.66. The Morgan fingerprint density at radius 2 is 2.11 bits per heavy atom. The van der Waals surface area contributed by atoms with Crippen LogP contribution in [0.25, 0.3) is 16.5 Å². The number of nitrogen functional groups attached to an aromatic ring is 1. The van der Waals surface area contributed by atoms with E-state index in [4.69, 9.17) is 11.5 Å². The van der Waals surface area contributed by atoms with Gasteiger partial charge in [-0.05, 0) is 30.7 Å². The summed E-state index contributed by atoms with van der Waals surface area (Å²) in [6.07, 6.45) is 3.46. The number of benzene rings is 1. The Labute approximate surface area is 106 Å². The fraction of sp³-hybridized carbons (Fsp3) is 0.143. The van der Waals surface area contributed by atoms with Gasteiger partial charge in [0.2, 0.25) is 0 Å². The minimum atomic E-state index is 0.712. The summed E-state index contributed by atoms with van der Waals surface area (Å²) in [6, 6.07) is 7.69. The number of anilines is 1. The van der Waals surface area contributed by atoms with Crippen molar-refractivity contribution in [1.29, 1.82) is 0 Å². The summed E-state index contributed by atoms with van der Waals surface area (Å²) in [5.41, 5.74) is 16.0. The second-order valence-corrected chi connectivity index (χ2v) is 4.12. The van der Waals surface area contributed by atoms with Crippen LogP contribution in [0.5, 0.6) is 0 Å². The molecule has 0 unspecified atom stereocenters. The Morgan fingerprint density at radius 1 is 1.33 bits per heavy atom. The molecule has 4 nitrogen and oxygen atoms in total. The summed E-state index contributed by atoms with van der Waals surface area (Å²) >= 11 is 0. The molecular formula is C14H16N4. The molecule has 18 heavy (non-hydrogen) atoms. The predicted octanol–water partition coefficient (Wildman–Crippen LogP) is 2.21. The highest BCUT2D eigenvalue weighted by Crippen LogP contribution is 2.24. The first-order chi connectivity index (χ1) is 8.63. The van der Waals surface area contributed by atoms with Gasteiger partial charge in [0.1, 0.15) is 0 Å². The van der Waals surface area contributed by atoms with Crippen molar-refractivity contribution in [3.8, 4) is 0 Å². The van der Waals surface area contributed by atoms with Crippen molar-refractivity contribution in [2.24, 2.45) is 10.7 Å². The van der Waals surface area contributed by atoms with Crippen LogP contribution in [0.4, 0.5) is 5.69 Å². The molecule has 0 spiro atoms. The molecule has 4 heteroatoms. The van der Waals surface area contributed by atoms with E-state index >= 15 is 0 Å². The van der Waals surface area contributed by atoms with Crippen LogP contribution in [0.2, 0.25) is 0 Å². The van der Waals surface area contributed by atoms with Crippen LogP contribution in [0.15, 0.2) is 41.2 Å². The van der Waals surface area contributed by atoms with E-state index in [9.17, 15) is 0 Å². The molecule has 0 atom stereocenters. The number of hydrogen-bond donors (Lipinski definition) is 2. The molecule has 0 amide bonds. The second kappa shape index (κ2) is 4.87. The quantitative estimate of drug-likeness (QED) is 0.790. The SMILES string of the molecule is CN=CC(=C(C)N)c1ccc2nccc(N)c2c1. The molecule has 1 aromatic heterocycles. The molecule has 2 rings (SSSR count). The van der Waals surface area contributed by atoms with Gasteiger partial charge in [0.25, 0.3) is 0 Å². The van der Waals surface area contributed by atoms with E-state index in [1.807, 2.05) is 25.1 Å². The third-order valence-corrected chi connectivity index (χ3v) is 2.77. The van der Waals surface area contributed by atoms with Crippen LogP contribution in [0, 0.1) is 0 Å². The third kappa shape index (κ3) is 2.18. The standard InChI is InChI=1S/C14H16N4/c1-9(15)12(8-17-2)10-3-4-14-11(7-10)13(16)5-6-18-14/h3-8H,15H2,1-2H3,(H2,16,18). The monoisotopic (exact) mass is 240 g/mol. The molecule has 0 saturated carbocycles. The topological polar surface area (TPSA) is 77.3 Å². The smallest absolute Gasteiger partial charge is 0.0723 e. The lowest BCUT2D eigenvalue weighted by Gasteiger charge is -2.07. The van der Waals surface area contributed by atoms with Gasteiger partial charge in [-0.3, -0.25) is 9.98 Å². The summed E-state index contributed by atoms with van der Waals surface area (Å²) in [4.78, 5) is 8.30. The molecule has 1 aromatic carbocycles. The van der Waals surface area contributed by atoms with Crippen molar-refractivity contribution in [3.05, 3.63) is 41.7 Å². The van der Waals surface area contributed by atoms with Crippen LogP contribution < -0.4 is 11.5 Å². The molecule has 0 bridgehead atoms. The molecule has 0 aliphatic rings. The predicted molar refractivity (Wildman–Crippen MR) is 77.4 cm³/mol. The highest BCUT2D eigenvalue weighted by atomic mass is 14.7. The first kappa shape index (κ1) is 12.1. The third-order valence-electron chi connectivity index (χ3n) is 2.77. The zero-order valence-electron chi connectivity index (χ0n) is 10.5. The van der Waals surface area contributed by atoms with Crippen molar-refractivity contribution in [3.63, 3.8) is 0 Å². The minimum absolute atomic E-state index is 0.712. The molecule has 4 N–H and O–H groups in total. The molecule has 1 heterocycles. The van der Waals surface area contributed by atoms with Gasteiger partial charge in [0.15, 0.2) is 0 Å². The van der Waals surface area contributed by atoms with Gasteiger partial charge in [-0.15, -0.1) is 0 Å². The Hall–Kier alpha value is -2.36. The summed E-state index contributed by atoms with van der Waals surface area (Å²) in [5, 5.41) is 0.929.